The second-order valence-corrected chi connectivity index (χ2v) is 4.69. The predicted molar refractivity (Wildman–Crippen MR) is 64.7 cm³/mol. The Morgan fingerprint density at radius 1 is 1.25 bits per heavy atom. The molecule has 3 fully saturated rings. The third-order valence-electron chi connectivity index (χ3n) is 3.50. The normalized spacial score (nSPS) is 27.7. The lowest BCUT2D eigenvalue weighted by atomic mass is 9.97. The van der Waals surface area contributed by atoms with Gasteiger partial charge in [0.2, 0.25) is 0 Å². The number of fused-ring (bicyclic) bond motifs is 2. The molecule has 3 aliphatic heterocycles. The van der Waals surface area contributed by atoms with E-state index < -0.39 is 0 Å². The van der Waals surface area contributed by atoms with E-state index in [1.807, 2.05) is 0 Å². The van der Waals surface area contributed by atoms with Gasteiger partial charge in [0.05, 0.1) is 12.2 Å². The van der Waals surface area contributed by atoms with Crippen LogP contribution < -0.4 is 10.6 Å². The lowest BCUT2D eigenvalue weighted by Crippen LogP contribution is -2.57. The molecule has 3 saturated heterocycles. The number of benzene rings is 1. The van der Waals surface area contributed by atoms with Crippen molar-refractivity contribution in [3.05, 3.63) is 29.8 Å². The lowest BCUT2D eigenvalue weighted by molar-refractivity contribution is -0.133. The zero-order valence-corrected chi connectivity index (χ0v) is 9.43. The van der Waals surface area contributed by atoms with Gasteiger partial charge in [-0.15, -0.1) is 0 Å². The maximum atomic E-state index is 5.66. The van der Waals surface area contributed by atoms with Gasteiger partial charge in [-0.25, -0.2) is 0 Å². The third kappa shape index (κ3) is 1.70. The van der Waals surface area contributed by atoms with Crippen molar-refractivity contribution in [2.24, 2.45) is 5.73 Å². The van der Waals surface area contributed by atoms with Crippen LogP contribution in [-0.2, 0) is 11.2 Å². The molecule has 3 nitrogen and oxygen atoms in total. The first-order chi connectivity index (χ1) is 7.86. The van der Waals surface area contributed by atoms with Gasteiger partial charge in [-0.1, -0.05) is 18.2 Å². The second-order valence-electron chi connectivity index (χ2n) is 4.69. The van der Waals surface area contributed by atoms with Gasteiger partial charge in [-0.2, -0.15) is 0 Å². The molecule has 3 heteroatoms. The highest BCUT2D eigenvalue weighted by Gasteiger charge is 2.38. The molecular formula is C13H18N2O. The zero-order chi connectivity index (χ0) is 11.0. The van der Waals surface area contributed by atoms with Crippen LogP contribution in [0.4, 0.5) is 5.69 Å². The molecule has 86 valence electrons. The molecule has 16 heavy (non-hydrogen) atoms. The Labute approximate surface area is 96.2 Å². The largest absolute Gasteiger partial charge is 0.371 e. The molecule has 2 atom stereocenters. The summed E-state index contributed by atoms with van der Waals surface area (Å²) in [6.45, 7) is 2.80. The molecule has 3 heterocycles. The van der Waals surface area contributed by atoms with E-state index >= 15 is 0 Å². The Morgan fingerprint density at radius 2 is 1.94 bits per heavy atom. The average molecular weight is 218 g/mol. The smallest absolute Gasteiger partial charge is 0.0780 e. The molecule has 0 aromatic heterocycles. The Balaban J connectivity index is 1.82. The Hall–Kier alpha value is -1.06. The standard InChI is InChI=1S/C13H18N2O/c14-6-5-10-3-1-2-4-13(10)15-8-11-7-12(9-15)16-11/h1-4,11-12H,5-9,14H2. The van der Waals surface area contributed by atoms with Crippen molar-refractivity contribution in [1.29, 1.82) is 0 Å². The number of hydrogen-bond acceptors (Lipinski definition) is 3. The van der Waals surface area contributed by atoms with E-state index in [0.717, 1.165) is 19.5 Å². The molecule has 0 amide bonds. The van der Waals surface area contributed by atoms with Crippen molar-refractivity contribution < 1.29 is 4.74 Å². The summed E-state index contributed by atoms with van der Waals surface area (Å²) in [5.41, 5.74) is 8.37. The first-order valence-corrected chi connectivity index (χ1v) is 6.05. The van der Waals surface area contributed by atoms with Crippen LogP contribution in [0.15, 0.2) is 24.3 Å². The fraction of sp³-hybridized carbons (Fsp3) is 0.538. The van der Waals surface area contributed by atoms with Crippen LogP contribution in [0.3, 0.4) is 0 Å². The summed E-state index contributed by atoms with van der Waals surface area (Å²) >= 11 is 0. The number of nitrogens with two attached hydrogens (primary N) is 1. The van der Waals surface area contributed by atoms with Crippen LogP contribution in [0.1, 0.15) is 12.0 Å². The van der Waals surface area contributed by atoms with E-state index in [0.29, 0.717) is 18.8 Å². The SMILES string of the molecule is NCCc1ccccc1N1CC2CC(C1)O2. The number of para-hydroxylation sites is 1. The van der Waals surface area contributed by atoms with Gasteiger partial charge in [0.1, 0.15) is 0 Å². The van der Waals surface area contributed by atoms with E-state index in [4.69, 9.17) is 10.5 Å². The number of anilines is 1. The fourth-order valence-corrected chi connectivity index (χ4v) is 2.74. The molecule has 1 aromatic carbocycles. The van der Waals surface area contributed by atoms with E-state index in [2.05, 4.69) is 29.2 Å². The second kappa shape index (κ2) is 4.07. The van der Waals surface area contributed by atoms with Crippen LogP contribution in [0, 0.1) is 0 Å². The van der Waals surface area contributed by atoms with E-state index in [9.17, 15) is 0 Å². The Morgan fingerprint density at radius 3 is 2.62 bits per heavy atom. The molecule has 1 aromatic rings. The van der Waals surface area contributed by atoms with Crippen LogP contribution >= 0.6 is 0 Å². The molecule has 2 N–H and O–H groups in total. The van der Waals surface area contributed by atoms with Crippen LogP contribution in [0.2, 0.25) is 0 Å². The molecule has 2 unspecified atom stereocenters. The molecule has 4 rings (SSSR count). The van der Waals surface area contributed by atoms with Gasteiger partial charge in [0.15, 0.2) is 0 Å². The number of nitrogens with zero attached hydrogens (tertiary/aromatic N) is 1. The van der Waals surface area contributed by atoms with Crippen molar-refractivity contribution in [2.45, 2.75) is 25.0 Å². The van der Waals surface area contributed by atoms with Crippen molar-refractivity contribution in [3.63, 3.8) is 0 Å². The molecule has 0 radical (unpaired) electrons. The summed E-state index contributed by atoms with van der Waals surface area (Å²) < 4.78 is 5.66. The van der Waals surface area contributed by atoms with Crippen molar-refractivity contribution >= 4 is 5.69 Å². The van der Waals surface area contributed by atoms with Crippen LogP contribution in [0.5, 0.6) is 0 Å². The summed E-state index contributed by atoms with van der Waals surface area (Å²) in [7, 11) is 0. The van der Waals surface area contributed by atoms with E-state index in [-0.39, 0.29) is 0 Å². The third-order valence-corrected chi connectivity index (χ3v) is 3.50. The summed E-state index contributed by atoms with van der Waals surface area (Å²) in [5, 5.41) is 0. The number of hydrogen-bond donors (Lipinski definition) is 1. The highest BCUT2D eigenvalue weighted by molar-refractivity contribution is 5.54. The topological polar surface area (TPSA) is 38.5 Å². The number of ether oxygens (including phenoxy) is 1. The highest BCUT2D eigenvalue weighted by atomic mass is 16.5. The monoisotopic (exact) mass is 218 g/mol. The van der Waals surface area contributed by atoms with Gasteiger partial charge >= 0.3 is 0 Å². The lowest BCUT2D eigenvalue weighted by Gasteiger charge is -2.48. The molecule has 2 bridgehead atoms. The Bertz CT molecular complexity index is 364. The highest BCUT2D eigenvalue weighted by Crippen LogP contribution is 2.32. The van der Waals surface area contributed by atoms with Gasteiger partial charge < -0.3 is 15.4 Å². The minimum Gasteiger partial charge on any atom is -0.371 e. The predicted octanol–water partition coefficient (Wildman–Crippen LogP) is 1.17. The van der Waals surface area contributed by atoms with E-state index in [1.165, 1.54) is 17.7 Å². The summed E-state index contributed by atoms with van der Waals surface area (Å²) in [5.74, 6) is 0. The quantitative estimate of drug-likeness (QED) is 0.827. The van der Waals surface area contributed by atoms with Crippen molar-refractivity contribution in [1.82, 2.24) is 0 Å². The van der Waals surface area contributed by atoms with Crippen molar-refractivity contribution in [3.8, 4) is 0 Å². The average Bonchev–Trinajstić information content (AvgIpc) is 2.29. The molecule has 3 aliphatic rings. The fourth-order valence-electron chi connectivity index (χ4n) is 2.74. The van der Waals surface area contributed by atoms with Gasteiger partial charge in [0.25, 0.3) is 0 Å². The summed E-state index contributed by atoms with van der Waals surface area (Å²) in [6, 6.07) is 8.59. The number of rotatable bonds is 3. The molecule has 0 saturated carbocycles. The maximum absolute atomic E-state index is 5.66. The molecular weight excluding hydrogens is 200 g/mol. The maximum Gasteiger partial charge on any atom is 0.0780 e. The number of morpholine rings is 1. The number of piperidine rings is 1. The zero-order valence-electron chi connectivity index (χ0n) is 9.43. The first-order valence-electron chi connectivity index (χ1n) is 6.05. The van der Waals surface area contributed by atoms with E-state index in [1.54, 1.807) is 0 Å². The van der Waals surface area contributed by atoms with Gasteiger partial charge in [0, 0.05) is 25.2 Å². The minimum absolute atomic E-state index is 0.463. The van der Waals surface area contributed by atoms with Crippen LogP contribution in [0.25, 0.3) is 0 Å². The van der Waals surface area contributed by atoms with Crippen LogP contribution in [-0.4, -0.2) is 31.8 Å². The summed E-state index contributed by atoms with van der Waals surface area (Å²) in [6.07, 6.45) is 3.13. The molecule has 0 aliphatic carbocycles. The first kappa shape index (κ1) is 10.1. The minimum atomic E-state index is 0.463. The van der Waals surface area contributed by atoms with Gasteiger partial charge in [-0.05, 0) is 24.6 Å². The van der Waals surface area contributed by atoms with Gasteiger partial charge in [-0.3, -0.25) is 0 Å². The molecule has 0 spiro atoms. The van der Waals surface area contributed by atoms with Crippen molar-refractivity contribution in [2.75, 3.05) is 24.5 Å². The summed E-state index contributed by atoms with van der Waals surface area (Å²) in [4.78, 5) is 2.45. The Kier molecular flexibility index (Phi) is 2.58.